The normalized spacial score (nSPS) is 16.2. The molecule has 0 saturated carbocycles. The zero-order chi connectivity index (χ0) is 22.3. The zero-order valence-corrected chi connectivity index (χ0v) is 21.5. The Kier molecular flexibility index (Phi) is 9.76. The van der Waals surface area contributed by atoms with Crippen LogP contribution in [0.3, 0.4) is 0 Å². The summed E-state index contributed by atoms with van der Waals surface area (Å²) < 4.78 is 2.18. The maximum atomic E-state index is 2.46. The molecule has 2 aromatic rings. The van der Waals surface area contributed by atoms with Crippen LogP contribution in [0.5, 0.6) is 0 Å². The van der Waals surface area contributed by atoms with Gasteiger partial charge < -0.3 is 16.9 Å². The number of hydrogen-bond acceptors (Lipinski definition) is 0. The summed E-state index contributed by atoms with van der Waals surface area (Å²) in [5.41, 5.74) is 5.84. The second-order valence-electron chi connectivity index (χ2n) is 9.46. The van der Waals surface area contributed by atoms with Gasteiger partial charge in [-0.05, 0) is 20.8 Å². The van der Waals surface area contributed by atoms with Crippen molar-refractivity contribution in [3.05, 3.63) is 95.3 Å². The molecule has 3 rings (SSSR count). The van der Waals surface area contributed by atoms with E-state index in [1.54, 1.807) is 0 Å². The fourth-order valence-corrected chi connectivity index (χ4v) is 5.51. The second-order valence-corrected chi connectivity index (χ2v) is 9.46. The van der Waals surface area contributed by atoms with Gasteiger partial charge in [0, 0.05) is 50.0 Å². The first kappa shape index (κ1) is 26.4. The van der Waals surface area contributed by atoms with Gasteiger partial charge in [-0.2, -0.15) is 0 Å². The van der Waals surface area contributed by atoms with E-state index in [0.717, 1.165) is 17.6 Å². The molecule has 0 amide bonds. The van der Waals surface area contributed by atoms with E-state index in [1.165, 1.54) is 59.5 Å². The third-order valence-electron chi connectivity index (χ3n) is 7.81. The fourth-order valence-electron chi connectivity index (χ4n) is 5.51. The lowest BCUT2D eigenvalue weighted by molar-refractivity contribution is -0.938. The van der Waals surface area contributed by atoms with Gasteiger partial charge in [0.25, 0.3) is 0 Å². The van der Waals surface area contributed by atoms with Gasteiger partial charge >= 0.3 is 0 Å². The van der Waals surface area contributed by atoms with Crippen molar-refractivity contribution in [2.45, 2.75) is 66.6 Å². The summed E-state index contributed by atoms with van der Waals surface area (Å²) in [5.74, 6) is 0. The van der Waals surface area contributed by atoms with E-state index in [-0.39, 0.29) is 12.4 Å². The molecule has 1 unspecified atom stereocenters. The lowest BCUT2D eigenvalue weighted by Gasteiger charge is -2.43. The summed E-state index contributed by atoms with van der Waals surface area (Å²) in [7, 11) is 0. The zero-order valence-electron chi connectivity index (χ0n) is 20.7. The summed E-state index contributed by atoms with van der Waals surface area (Å²) in [6, 6.07) is 22.6. The molecule has 0 aliphatic carbocycles. The fraction of sp³-hybridized carbons (Fsp3) is 0.448. The van der Waals surface area contributed by atoms with Gasteiger partial charge in [0.15, 0.2) is 0 Å². The molecule has 1 atom stereocenters. The Morgan fingerprint density at radius 3 is 1.78 bits per heavy atom. The SMILES string of the molecule is CC[N+](CC)(CCCC(C)[N+]1(Cc2ccccc2)C(C)=CC=C1C)Cc1ccccc1.[Cl-]. The average molecular weight is 454 g/mol. The number of halogens is 1. The van der Waals surface area contributed by atoms with E-state index >= 15 is 0 Å². The molecular formula is C29H42ClN2+. The maximum absolute atomic E-state index is 2.46. The number of rotatable bonds is 11. The Morgan fingerprint density at radius 1 is 0.781 bits per heavy atom. The average Bonchev–Trinajstić information content (AvgIpc) is 3.09. The summed E-state index contributed by atoms with van der Waals surface area (Å²) in [6.07, 6.45) is 7.19. The largest absolute Gasteiger partial charge is 1.00 e. The first-order chi connectivity index (χ1) is 15.0. The van der Waals surface area contributed by atoms with E-state index in [2.05, 4.69) is 107 Å². The molecule has 0 bridgehead atoms. The first-order valence-corrected chi connectivity index (χ1v) is 12.1. The van der Waals surface area contributed by atoms with Gasteiger partial charge in [-0.1, -0.05) is 60.7 Å². The van der Waals surface area contributed by atoms with Gasteiger partial charge in [0.1, 0.15) is 24.5 Å². The molecule has 0 radical (unpaired) electrons. The molecule has 0 fully saturated rings. The molecule has 0 aromatic heterocycles. The number of quaternary nitrogens is 2. The molecule has 0 spiro atoms. The third kappa shape index (κ3) is 5.73. The highest BCUT2D eigenvalue weighted by atomic mass is 35.5. The van der Waals surface area contributed by atoms with E-state index in [1.807, 2.05) is 0 Å². The summed E-state index contributed by atoms with van der Waals surface area (Å²) in [4.78, 5) is 0. The van der Waals surface area contributed by atoms with E-state index in [9.17, 15) is 0 Å². The molecule has 1 aliphatic rings. The Hall–Kier alpha value is -1.87. The number of benzene rings is 2. The van der Waals surface area contributed by atoms with Crippen LogP contribution in [0.1, 0.15) is 58.6 Å². The predicted octanol–water partition coefficient (Wildman–Crippen LogP) is 4.05. The molecule has 0 N–H and O–H groups in total. The number of hydrogen-bond donors (Lipinski definition) is 0. The third-order valence-corrected chi connectivity index (χ3v) is 7.81. The van der Waals surface area contributed by atoms with E-state index in [0.29, 0.717) is 6.04 Å². The van der Waals surface area contributed by atoms with Crippen molar-refractivity contribution in [2.24, 2.45) is 0 Å². The van der Waals surface area contributed by atoms with Gasteiger partial charge in [-0.15, -0.1) is 0 Å². The highest BCUT2D eigenvalue weighted by Gasteiger charge is 2.41. The highest BCUT2D eigenvalue weighted by molar-refractivity contribution is 5.21. The van der Waals surface area contributed by atoms with Crippen molar-refractivity contribution >= 4 is 0 Å². The standard InChI is InChI=1S/C29H42N2.ClH/c1-6-30(7-2,23-28-16-10-8-11-17-28)22-14-15-25(3)31(26(4)20-21-27(31)5)24-29-18-12-9-13-19-29;/h8-13,16-21,25H,6-7,14-15,22-24H2,1-5H3;1H/q+2;/p-1. The van der Waals surface area contributed by atoms with Crippen molar-refractivity contribution in [1.29, 1.82) is 0 Å². The summed E-state index contributed by atoms with van der Waals surface area (Å²) in [6.45, 7) is 17.7. The maximum Gasteiger partial charge on any atom is 0.113 e. The Balaban J connectivity index is 0.00000363. The monoisotopic (exact) mass is 453 g/mol. The van der Waals surface area contributed by atoms with Crippen LogP contribution in [-0.2, 0) is 13.1 Å². The summed E-state index contributed by atoms with van der Waals surface area (Å²) in [5, 5.41) is 0. The molecule has 0 saturated heterocycles. The van der Waals surface area contributed by atoms with Crippen molar-refractivity contribution in [2.75, 3.05) is 19.6 Å². The van der Waals surface area contributed by atoms with Crippen LogP contribution in [-0.4, -0.2) is 34.6 Å². The minimum Gasteiger partial charge on any atom is -1.00 e. The lowest BCUT2D eigenvalue weighted by Crippen LogP contribution is -3.00. The van der Waals surface area contributed by atoms with Crippen molar-refractivity contribution in [3.63, 3.8) is 0 Å². The topological polar surface area (TPSA) is 0 Å². The molecule has 32 heavy (non-hydrogen) atoms. The number of nitrogens with zero attached hydrogens (tertiary/aromatic N) is 2. The lowest BCUT2D eigenvalue weighted by atomic mass is 10.0. The smallest absolute Gasteiger partial charge is 0.113 e. The van der Waals surface area contributed by atoms with Crippen LogP contribution in [0, 0.1) is 0 Å². The van der Waals surface area contributed by atoms with Crippen LogP contribution in [0.15, 0.2) is 84.2 Å². The Labute approximate surface area is 202 Å². The Morgan fingerprint density at radius 2 is 1.28 bits per heavy atom. The Bertz CT molecular complexity index is 864. The number of allylic oxidation sites excluding steroid dienone is 4. The van der Waals surface area contributed by atoms with Crippen LogP contribution in [0.2, 0.25) is 0 Å². The van der Waals surface area contributed by atoms with E-state index in [4.69, 9.17) is 0 Å². The molecule has 3 heteroatoms. The molecule has 2 nitrogen and oxygen atoms in total. The second kappa shape index (κ2) is 11.8. The van der Waals surface area contributed by atoms with Gasteiger partial charge in [0.2, 0.25) is 0 Å². The molecule has 174 valence electrons. The first-order valence-electron chi connectivity index (χ1n) is 12.1. The van der Waals surface area contributed by atoms with Gasteiger partial charge in [-0.3, -0.25) is 4.48 Å². The summed E-state index contributed by atoms with van der Waals surface area (Å²) >= 11 is 0. The molecule has 1 heterocycles. The molecule has 2 aromatic carbocycles. The minimum atomic E-state index is 0. The van der Waals surface area contributed by atoms with Crippen molar-refractivity contribution in [3.8, 4) is 0 Å². The quantitative estimate of drug-likeness (QED) is 0.450. The van der Waals surface area contributed by atoms with Crippen LogP contribution < -0.4 is 12.4 Å². The van der Waals surface area contributed by atoms with Crippen LogP contribution in [0.25, 0.3) is 0 Å². The van der Waals surface area contributed by atoms with Gasteiger partial charge in [0.05, 0.1) is 25.7 Å². The van der Waals surface area contributed by atoms with Crippen LogP contribution in [0.4, 0.5) is 0 Å². The van der Waals surface area contributed by atoms with Crippen molar-refractivity contribution in [1.82, 2.24) is 0 Å². The van der Waals surface area contributed by atoms with Crippen molar-refractivity contribution < 1.29 is 21.4 Å². The molecular weight excluding hydrogens is 412 g/mol. The van der Waals surface area contributed by atoms with Gasteiger partial charge in [-0.25, -0.2) is 0 Å². The van der Waals surface area contributed by atoms with E-state index < -0.39 is 0 Å². The molecule has 1 aliphatic heterocycles. The predicted molar refractivity (Wildman–Crippen MR) is 133 cm³/mol. The van der Waals surface area contributed by atoms with Crippen LogP contribution >= 0.6 is 0 Å². The minimum absolute atomic E-state index is 0. The highest BCUT2D eigenvalue weighted by Crippen LogP contribution is 2.38.